The SMILES string of the molecule is O=C(NCc1ccc(Cn2cncn2)cc1)C1(c2cccc(Cl)c2)CCC1. The molecule has 1 aliphatic carbocycles. The first-order valence-electron chi connectivity index (χ1n) is 9.10. The van der Waals surface area contributed by atoms with Gasteiger partial charge in [-0.3, -0.25) is 4.79 Å². The third-order valence-corrected chi connectivity index (χ3v) is 5.54. The number of rotatable bonds is 6. The van der Waals surface area contributed by atoms with Gasteiger partial charge in [-0.15, -0.1) is 0 Å². The molecule has 6 heteroatoms. The van der Waals surface area contributed by atoms with Gasteiger partial charge < -0.3 is 5.32 Å². The van der Waals surface area contributed by atoms with Crippen molar-refractivity contribution < 1.29 is 4.79 Å². The summed E-state index contributed by atoms with van der Waals surface area (Å²) in [4.78, 5) is 16.9. The van der Waals surface area contributed by atoms with Crippen molar-refractivity contribution in [1.29, 1.82) is 0 Å². The summed E-state index contributed by atoms with van der Waals surface area (Å²) in [6.07, 6.45) is 6.03. The van der Waals surface area contributed by atoms with Crippen LogP contribution in [0.4, 0.5) is 0 Å². The van der Waals surface area contributed by atoms with Gasteiger partial charge >= 0.3 is 0 Å². The highest BCUT2D eigenvalue weighted by atomic mass is 35.5. The minimum Gasteiger partial charge on any atom is -0.351 e. The molecule has 0 aliphatic heterocycles. The Hall–Kier alpha value is -2.66. The number of hydrogen-bond donors (Lipinski definition) is 1. The lowest BCUT2D eigenvalue weighted by Crippen LogP contribution is -2.49. The van der Waals surface area contributed by atoms with Crippen molar-refractivity contribution in [3.63, 3.8) is 0 Å². The molecule has 1 aromatic heterocycles. The molecule has 1 amide bonds. The molecular weight excluding hydrogens is 360 g/mol. The summed E-state index contributed by atoms with van der Waals surface area (Å²) in [7, 11) is 0. The summed E-state index contributed by atoms with van der Waals surface area (Å²) in [5, 5.41) is 7.90. The van der Waals surface area contributed by atoms with Gasteiger partial charge in [0.05, 0.1) is 12.0 Å². The average Bonchev–Trinajstić information content (AvgIpc) is 3.13. The van der Waals surface area contributed by atoms with E-state index in [1.807, 2.05) is 36.4 Å². The van der Waals surface area contributed by atoms with Gasteiger partial charge in [-0.05, 0) is 41.7 Å². The summed E-state index contributed by atoms with van der Waals surface area (Å²) in [6.45, 7) is 1.20. The first-order chi connectivity index (χ1) is 13.2. The largest absolute Gasteiger partial charge is 0.351 e. The van der Waals surface area contributed by atoms with E-state index in [2.05, 4.69) is 27.5 Å². The van der Waals surface area contributed by atoms with Crippen LogP contribution in [0.1, 0.15) is 36.0 Å². The van der Waals surface area contributed by atoms with Crippen molar-refractivity contribution in [1.82, 2.24) is 20.1 Å². The molecular formula is C21H21ClN4O. The minimum atomic E-state index is -0.433. The molecule has 0 unspecified atom stereocenters. The number of carbonyl (C=O) groups excluding carboxylic acids is 1. The zero-order valence-corrected chi connectivity index (χ0v) is 15.7. The van der Waals surface area contributed by atoms with Crippen LogP contribution >= 0.6 is 11.6 Å². The number of nitrogens with one attached hydrogen (secondary N) is 1. The predicted octanol–water partition coefficient (Wildman–Crippen LogP) is 3.72. The minimum absolute atomic E-state index is 0.0858. The third kappa shape index (κ3) is 3.74. The molecule has 138 valence electrons. The summed E-state index contributed by atoms with van der Waals surface area (Å²) in [6, 6.07) is 15.9. The molecule has 5 nitrogen and oxygen atoms in total. The normalized spacial score (nSPS) is 15.1. The van der Waals surface area contributed by atoms with Crippen molar-refractivity contribution in [3.8, 4) is 0 Å². The van der Waals surface area contributed by atoms with Gasteiger partial charge in [0.1, 0.15) is 12.7 Å². The second-order valence-corrected chi connectivity index (χ2v) is 7.47. The van der Waals surface area contributed by atoms with E-state index in [9.17, 15) is 4.79 Å². The maximum Gasteiger partial charge on any atom is 0.230 e. The molecule has 0 atom stereocenters. The van der Waals surface area contributed by atoms with Crippen LogP contribution in [0.5, 0.6) is 0 Å². The molecule has 0 saturated heterocycles. The Kier molecular flexibility index (Phi) is 4.94. The van der Waals surface area contributed by atoms with Crippen LogP contribution in [0.2, 0.25) is 5.02 Å². The first-order valence-corrected chi connectivity index (χ1v) is 9.48. The highest BCUT2D eigenvalue weighted by molar-refractivity contribution is 6.30. The van der Waals surface area contributed by atoms with E-state index in [0.717, 1.165) is 36.0 Å². The molecule has 2 aromatic carbocycles. The smallest absolute Gasteiger partial charge is 0.230 e. The lowest BCUT2D eigenvalue weighted by atomic mass is 9.64. The van der Waals surface area contributed by atoms with E-state index in [4.69, 9.17) is 11.6 Å². The van der Waals surface area contributed by atoms with E-state index in [0.29, 0.717) is 18.1 Å². The fraction of sp³-hybridized carbons (Fsp3) is 0.286. The van der Waals surface area contributed by atoms with Crippen LogP contribution in [-0.4, -0.2) is 20.7 Å². The Morgan fingerprint density at radius 2 is 1.93 bits per heavy atom. The number of nitrogens with zero attached hydrogens (tertiary/aromatic N) is 3. The Morgan fingerprint density at radius 1 is 1.15 bits per heavy atom. The Bertz CT molecular complexity index is 918. The zero-order valence-electron chi connectivity index (χ0n) is 14.9. The fourth-order valence-electron chi connectivity index (χ4n) is 3.58. The second-order valence-electron chi connectivity index (χ2n) is 7.04. The maximum absolute atomic E-state index is 12.9. The average molecular weight is 381 g/mol. The molecule has 27 heavy (non-hydrogen) atoms. The molecule has 4 rings (SSSR count). The number of benzene rings is 2. The third-order valence-electron chi connectivity index (χ3n) is 5.31. The molecule has 0 bridgehead atoms. The van der Waals surface area contributed by atoms with Crippen LogP contribution in [-0.2, 0) is 23.3 Å². The van der Waals surface area contributed by atoms with E-state index < -0.39 is 5.41 Å². The van der Waals surface area contributed by atoms with Gasteiger partial charge in [0.2, 0.25) is 5.91 Å². The topological polar surface area (TPSA) is 59.8 Å². The van der Waals surface area contributed by atoms with Crippen LogP contribution in [0.3, 0.4) is 0 Å². The summed E-state index contributed by atoms with van der Waals surface area (Å²) in [5.41, 5.74) is 2.80. The molecule has 1 aliphatic rings. The van der Waals surface area contributed by atoms with Gasteiger partial charge in [-0.25, -0.2) is 9.67 Å². The van der Waals surface area contributed by atoms with Crippen LogP contribution < -0.4 is 5.32 Å². The van der Waals surface area contributed by atoms with Crippen molar-refractivity contribution in [2.75, 3.05) is 0 Å². The van der Waals surface area contributed by atoms with Gasteiger partial charge in [0.15, 0.2) is 0 Å². The molecule has 0 spiro atoms. The van der Waals surface area contributed by atoms with Crippen LogP contribution in [0, 0.1) is 0 Å². The number of aromatic nitrogens is 3. The first kappa shape index (κ1) is 17.7. The molecule has 1 fully saturated rings. The highest BCUT2D eigenvalue weighted by Gasteiger charge is 2.45. The van der Waals surface area contributed by atoms with Gasteiger partial charge in [0, 0.05) is 11.6 Å². The Balaban J connectivity index is 1.40. The molecule has 1 N–H and O–H groups in total. The maximum atomic E-state index is 12.9. The van der Waals surface area contributed by atoms with Gasteiger partial charge in [-0.1, -0.05) is 54.4 Å². The lowest BCUT2D eigenvalue weighted by Gasteiger charge is -2.40. The zero-order chi connectivity index (χ0) is 18.7. The Labute approximate surface area is 163 Å². The van der Waals surface area contributed by atoms with Crippen LogP contribution in [0.15, 0.2) is 61.2 Å². The molecule has 1 saturated carbocycles. The van der Waals surface area contributed by atoms with E-state index >= 15 is 0 Å². The van der Waals surface area contributed by atoms with E-state index in [1.54, 1.807) is 11.0 Å². The van der Waals surface area contributed by atoms with Gasteiger partial charge in [-0.2, -0.15) is 5.10 Å². The second kappa shape index (κ2) is 7.53. The number of halogens is 1. The number of carbonyl (C=O) groups is 1. The number of hydrogen-bond acceptors (Lipinski definition) is 3. The molecule has 1 heterocycles. The van der Waals surface area contributed by atoms with Gasteiger partial charge in [0.25, 0.3) is 0 Å². The summed E-state index contributed by atoms with van der Waals surface area (Å²) in [5.74, 6) is 0.0858. The standard InChI is InChI=1S/C21H21ClN4O/c22-19-4-1-3-18(11-19)21(9-2-10-21)20(27)24-12-16-5-7-17(8-6-16)13-26-15-23-14-25-26/h1,3-8,11,14-15H,2,9-10,12-13H2,(H,24,27). The lowest BCUT2D eigenvalue weighted by molar-refractivity contribution is -0.130. The Morgan fingerprint density at radius 3 is 2.56 bits per heavy atom. The van der Waals surface area contributed by atoms with Crippen molar-refractivity contribution >= 4 is 17.5 Å². The van der Waals surface area contributed by atoms with E-state index in [1.165, 1.54) is 6.33 Å². The predicted molar refractivity (Wildman–Crippen MR) is 104 cm³/mol. The van der Waals surface area contributed by atoms with Crippen LogP contribution in [0.25, 0.3) is 0 Å². The monoisotopic (exact) mass is 380 g/mol. The van der Waals surface area contributed by atoms with Crippen molar-refractivity contribution in [3.05, 3.63) is 82.9 Å². The highest BCUT2D eigenvalue weighted by Crippen LogP contribution is 2.44. The van der Waals surface area contributed by atoms with Crippen molar-refractivity contribution in [2.24, 2.45) is 0 Å². The summed E-state index contributed by atoms with van der Waals surface area (Å²) >= 11 is 6.13. The van der Waals surface area contributed by atoms with Crippen molar-refractivity contribution in [2.45, 2.75) is 37.8 Å². The fourth-order valence-corrected chi connectivity index (χ4v) is 3.77. The molecule has 0 radical (unpaired) electrons. The number of amides is 1. The van der Waals surface area contributed by atoms with E-state index in [-0.39, 0.29) is 5.91 Å². The summed E-state index contributed by atoms with van der Waals surface area (Å²) < 4.78 is 1.78. The quantitative estimate of drug-likeness (QED) is 0.709. The molecule has 3 aromatic rings.